The highest BCUT2D eigenvalue weighted by atomic mass is 16.3. The van der Waals surface area contributed by atoms with Gasteiger partial charge in [0.05, 0.1) is 0 Å². The molecule has 0 aliphatic rings. The third-order valence-electron chi connectivity index (χ3n) is 4.41. The van der Waals surface area contributed by atoms with Crippen molar-refractivity contribution in [1.29, 1.82) is 0 Å². The Labute approximate surface area is 146 Å². The van der Waals surface area contributed by atoms with Crippen molar-refractivity contribution in [2.24, 2.45) is 4.99 Å². The Hall–Kier alpha value is -1.83. The van der Waals surface area contributed by atoms with Crippen molar-refractivity contribution in [2.75, 3.05) is 6.54 Å². The molecule has 24 heavy (non-hydrogen) atoms. The van der Waals surface area contributed by atoms with E-state index in [0.29, 0.717) is 0 Å². The maximum atomic E-state index is 6.29. The molecule has 0 atom stereocenters. The van der Waals surface area contributed by atoms with Crippen LogP contribution in [0.4, 0.5) is 0 Å². The van der Waals surface area contributed by atoms with E-state index in [1.54, 1.807) is 0 Å². The summed E-state index contributed by atoms with van der Waals surface area (Å²) in [6.07, 6.45) is 11.0. The molecule has 0 N–H and O–H groups in total. The van der Waals surface area contributed by atoms with E-state index in [4.69, 9.17) is 9.41 Å². The fraction of sp³-hybridized carbons (Fsp3) is 0.500. The van der Waals surface area contributed by atoms with E-state index in [2.05, 4.69) is 44.7 Å². The van der Waals surface area contributed by atoms with Crippen molar-refractivity contribution in [3.63, 3.8) is 0 Å². The zero-order valence-corrected chi connectivity index (χ0v) is 15.3. The van der Waals surface area contributed by atoms with Crippen LogP contribution in [0.2, 0.25) is 0 Å². The van der Waals surface area contributed by atoms with Gasteiger partial charge in [-0.05, 0) is 30.7 Å². The Kier molecular flexibility index (Phi) is 7.81. The van der Waals surface area contributed by atoms with Crippen molar-refractivity contribution >= 4 is 10.8 Å². The maximum absolute atomic E-state index is 6.29. The number of hydrogen-bond acceptors (Lipinski definition) is 2. The summed E-state index contributed by atoms with van der Waals surface area (Å²) < 4.78 is 6.29. The fourth-order valence-corrected chi connectivity index (χ4v) is 3.05. The van der Waals surface area contributed by atoms with E-state index < -0.39 is 0 Å². The van der Waals surface area contributed by atoms with Crippen LogP contribution in [-0.2, 0) is 12.8 Å². The average molecular weight is 325 g/mol. The Morgan fingerprint density at radius 2 is 1.75 bits per heavy atom. The number of fused-ring (bicyclic) bond motifs is 1. The van der Waals surface area contributed by atoms with Crippen LogP contribution in [0.15, 0.2) is 46.3 Å². The lowest BCUT2D eigenvalue weighted by molar-refractivity contribution is 0.435. The van der Waals surface area contributed by atoms with E-state index in [1.165, 1.54) is 36.6 Å². The van der Waals surface area contributed by atoms with E-state index in [0.717, 1.165) is 48.9 Å². The summed E-state index contributed by atoms with van der Waals surface area (Å²) in [5.41, 5.74) is 2.09. The van der Waals surface area contributed by atoms with Crippen molar-refractivity contribution in [3.8, 4) is 0 Å². The van der Waals surface area contributed by atoms with Crippen LogP contribution in [0, 0.1) is 0 Å². The standard InChI is InChI=1S/C22H31NO/c1-4-7-9-10-16-21-19(13-6-3)18-14-11-12-15-20(18)22(24-21)23-17-8-5-2/h6,11-12,14-15H,3-5,7-10,13,16-17H2,1-2H3. The molecule has 2 heteroatoms. The molecule has 1 aromatic carbocycles. The van der Waals surface area contributed by atoms with E-state index >= 15 is 0 Å². The first-order valence-electron chi connectivity index (χ1n) is 9.46. The van der Waals surface area contributed by atoms with Crippen molar-refractivity contribution in [2.45, 2.75) is 65.2 Å². The minimum Gasteiger partial charge on any atom is -0.443 e. The van der Waals surface area contributed by atoms with E-state index in [1.807, 2.05) is 6.08 Å². The Morgan fingerprint density at radius 3 is 2.46 bits per heavy atom. The van der Waals surface area contributed by atoms with Crippen LogP contribution < -0.4 is 5.55 Å². The van der Waals surface area contributed by atoms with Gasteiger partial charge in [0.15, 0.2) is 0 Å². The van der Waals surface area contributed by atoms with Gasteiger partial charge < -0.3 is 4.42 Å². The topological polar surface area (TPSA) is 25.5 Å². The molecular formula is C22H31NO. The minimum absolute atomic E-state index is 0.803. The van der Waals surface area contributed by atoms with Crippen LogP contribution in [0.3, 0.4) is 0 Å². The monoisotopic (exact) mass is 325 g/mol. The number of benzene rings is 1. The Bertz CT molecular complexity index is 711. The highest BCUT2D eigenvalue weighted by Crippen LogP contribution is 2.22. The molecule has 0 amide bonds. The number of aryl methyl sites for hydroxylation is 1. The van der Waals surface area contributed by atoms with Crippen molar-refractivity contribution < 1.29 is 4.42 Å². The molecule has 2 aromatic rings. The molecular weight excluding hydrogens is 294 g/mol. The SMILES string of the molecule is C=CCc1c(CCCCCC)oc(=NCCCC)c2ccccc12. The zero-order chi connectivity index (χ0) is 17.2. The smallest absolute Gasteiger partial charge is 0.222 e. The van der Waals surface area contributed by atoms with Gasteiger partial charge in [-0.2, -0.15) is 0 Å². The van der Waals surface area contributed by atoms with Gasteiger partial charge in [0.1, 0.15) is 5.76 Å². The lowest BCUT2D eigenvalue weighted by Crippen LogP contribution is -2.10. The number of rotatable bonds is 10. The molecule has 0 aliphatic heterocycles. The summed E-state index contributed by atoms with van der Waals surface area (Å²) in [7, 11) is 0. The second kappa shape index (κ2) is 10.1. The minimum atomic E-state index is 0.803. The molecule has 2 rings (SSSR count). The second-order valence-corrected chi connectivity index (χ2v) is 6.39. The van der Waals surface area contributed by atoms with Crippen LogP contribution in [0.25, 0.3) is 10.8 Å². The zero-order valence-electron chi connectivity index (χ0n) is 15.3. The van der Waals surface area contributed by atoms with Crippen LogP contribution >= 0.6 is 0 Å². The molecule has 0 aliphatic carbocycles. The van der Waals surface area contributed by atoms with Gasteiger partial charge in [-0.25, -0.2) is 0 Å². The predicted molar refractivity (Wildman–Crippen MR) is 103 cm³/mol. The Morgan fingerprint density at radius 1 is 1.00 bits per heavy atom. The lowest BCUT2D eigenvalue weighted by atomic mass is 9.99. The molecule has 0 saturated carbocycles. The maximum Gasteiger partial charge on any atom is 0.222 e. The lowest BCUT2D eigenvalue weighted by Gasteiger charge is -2.11. The van der Waals surface area contributed by atoms with Gasteiger partial charge in [-0.1, -0.05) is 63.8 Å². The third kappa shape index (κ3) is 4.83. The first kappa shape index (κ1) is 18.5. The quantitative estimate of drug-likeness (QED) is 0.389. The van der Waals surface area contributed by atoms with Gasteiger partial charge in [-0.15, -0.1) is 6.58 Å². The molecule has 130 valence electrons. The van der Waals surface area contributed by atoms with Gasteiger partial charge in [0.2, 0.25) is 5.55 Å². The molecule has 0 spiro atoms. The Balaban J connectivity index is 2.46. The highest BCUT2D eigenvalue weighted by molar-refractivity contribution is 5.84. The molecule has 0 saturated heterocycles. The average Bonchev–Trinajstić information content (AvgIpc) is 2.61. The summed E-state index contributed by atoms with van der Waals surface area (Å²) >= 11 is 0. The summed E-state index contributed by atoms with van der Waals surface area (Å²) in [4.78, 5) is 4.74. The molecule has 0 radical (unpaired) electrons. The number of unbranched alkanes of at least 4 members (excludes halogenated alkanes) is 4. The molecule has 2 nitrogen and oxygen atoms in total. The normalized spacial score (nSPS) is 12.0. The number of nitrogens with zero attached hydrogens (tertiary/aromatic N) is 1. The van der Waals surface area contributed by atoms with Crippen LogP contribution in [0.1, 0.15) is 63.7 Å². The fourth-order valence-electron chi connectivity index (χ4n) is 3.05. The predicted octanol–water partition coefficient (Wildman–Crippen LogP) is 5.98. The molecule has 0 unspecified atom stereocenters. The molecule has 0 fully saturated rings. The van der Waals surface area contributed by atoms with Gasteiger partial charge in [0.25, 0.3) is 0 Å². The van der Waals surface area contributed by atoms with Crippen molar-refractivity contribution in [3.05, 3.63) is 53.8 Å². The first-order valence-corrected chi connectivity index (χ1v) is 9.46. The summed E-state index contributed by atoms with van der Waals surface area (Å²) in [6.45, 7) is 9.20. The largest absolute Gasteiger partial charge is 0.443 e. The van der Waals surface area contributed by atoms with E-state index in [-0.39, 0.29) is 0 Å². The second-order valence-electron chi connectivity index (χ2n) is 6.39. The van der Waals surface area contributed by atoms with Crippen LogP contribution in [0.5, 0.6) is 0 Å². The molecule has 1 aromatic heterocycles. The number of allylic oxidation sites excluding steroid dienone is 1. The summed E-state index contributed by atoms with van der Waals surface area (Å²) in [5.74, 6) is 1.10. The van der Waals surface area contributed by atoms with Crippen molar-refractivity contribution in [1.82, 2.24) is 0 Å². The summed E-state index contributed by atoms with van der Waals surface area (Å²) in [5, 5.41) is 2.40. The first-order chi connectivity index (χ1) is 11.8. The van der Waals surface area contributed by atoms with Gasteiger partial charge in [0, 0.05) is 23.9 Å². The van der Waals surface area contributed by atoms with Gasteiger partial charge in [-0.3, -0.25) is 4.99 Å². The highest BCUT2D eigenvalue weighted by Gasteiger charge is 2.11. The van der Waals surface area contributed by atoms with Gasteiger partial charge >= 0.3 is 0 Å². The summed E-state index contributed by atoms with van der Waals surface area (Å²) in [6, 6.07) is 8.48. The number of hydrogen-bond donors (Lipinski definition) is 0. The van der Waals surface area contributed by atoms with Crippen LogP contribution in [-0.4, -0.2) is 6.54 Å². The third-order valence-corrected chi connectivity index (χ3v) is 4.41. The van der Waals surface area contributed by atoms with E-state index in [9.17, 15) is 0 Å². The molecule has 0 bridgehead atoms. The molecule has 1 heterocycles.